The second-order valence-corrected chi connectivity index (χ2v) is 16.0. The highest BCUT2D eigenvalue weighted by Crippen LogP contribution is 2.51. The highest BCUT2D eigenvalue weighted by molar-refractivity contribution is 6.11. The van der Waals surface area contributed by atoms with Gasteiger partial charge in [-0.05, 0) is 101 Å². The first-order valence-corrected chi connectivity index (χ1v) is 20.6. The summed E-state index contributed by atoms with van der Waals surface area (Å²) in [6.07, 6.45) is 0. The number of nitrogens with zero attached hydrogens (tertiary/aromatic N) is 5. The highest BCUT2D eigenvalue weighted by Gasteiger charge is 2.36. The van der Waals surface area contributed by atoms with Crippen LogP contribution in [-0.4, -0.2) is 19.5 Å². The minimum atomic E-state index is -0.242. The van der Waals surface area contributed by atoms with Crippen molar-refractivity contribution in [1.29, 1.82) is 0 Å². The third-order valence-electron chi connectivity index (χ3n) is 11.9. The molecule has 0 fully saturated rings. The molecule has 0 saturated carbocycles. The van der Waals surface area contributed by atoms with E-state index in [0.29, 0.717) is 17.6 Å². The van der Waals surface area contributed by atoms with Crippen molar-refractivity contribution in [1.82, 2.24) is 19.5 Å². The molecule has 10 aromatic rings. The van der Waals surface area contributed by atoms with Crippen molar-refractivity contribution < 1.29 is 0 Å². The molecule has 0 amide bonds. The SMILES string of the molecule is CC1(C)c2cc(C#Cc3ccc(N(c4ccccc4)c4ccccc4)cc3)ccc2-c2cc3c(cc21)c1ccccc1n3-c1nc(-c2ccccc2)nc(-c2ccccc2)n1. The van der Waals surface area contributed by atoms with Crippen molar-refractivity contribution in [2.75, 3.05) is 4.90 Å². The number of fused-ring (bicyclic) bond motifs is 6. The van der Waals surface area contributed by atoms with Gasteiger partial charge in [-0.25, -0.2) is 4.98 Å². The molecular weight excluding hydrogens is 743 g/mol. The number of rotatable bonds is 6. The van der Waals surface area contributed by atoms with Gasteiger partial charge in [0.25, 0.3) is 0 Å². The lowest BCUT2D eigenvalue weighted by Gasteiger charge is -2.25. The normalized spacial score (nSPS) is 12.4. The van der Waals surface area contributed by atoms with E-state index in [4.69, 9.17) is 15.0 Å². The van der Waals surface area contributed by atoms with Gasteiger partial charge in [-0.2, -0.15) is 9.97 Å². The molecule has 0 unspecified atom stereocenters. The molecule has 1 aliphatic rings. The first kappa shape index (κ1) is 36.0. The Hall–Kier alpha value is -8.07. The Morgan fingerprint density at radius 3 is 1.56 bits per heavy atom. The van der Waals surface area contributed by atoms with Gasteiger partial charge in [0.05, 0.1) is 11.0 Å². The minimum absolute atomic E-state index is 0.242. The monoisotopic (exact) mass is 781 g/mol. The van der Waals surface area contributed by atoms with E-state index in [1.807, 2.05) is 72.8 Å². The van der Waals surface area contributed by atoms with Crippen LogP contribution >= 0.6 is 0 Å². The predicted octanol–water partition coefficient (Wildman–Crippen LogP) is 13.5. The van der Waals surface area contributed by atoms with Crippen molar-refractivity contribution in [3.05, 3.63) is 222 Å². The summed E-state index contributed by atoms with van der Waals surface area (Å²) in [4.78, 5) is 17.6. The van der Waals surface area contributed by atoms with Gasteiger partial charge in [0.2, 0.25) is 5.95 Å². The van der Waals surface area contributed by atoms with E-state index < -0.39 is 0 Å². The number of benzene rings is 8. The lowest BCUT2D eigenvalue weighted by atomic mass is 9.81. The van der Waals surface area contributed by atoms with Crippen molar-refractivity contribution >= 4 is 38.9 Å². The molecular formula is C56H39N5. The first-order chi connectivity index (χ1) is 30.0. The minimum Gasteiger partial charge on any atom is -0.311 e. The van der Waals surface area contributed by atoms with Crippen molar-refractivity contribution in [3.8, 4) is 51.7 Å². The van der Waals surface area contributed by atoms with E-state index in [9.17, 15) is 0 Å². The highest BCUT2D eigenvalue weighted by atomic mass is 15.2. The van der Waals surface area contributed by atoms with Crippen LogP contribution in [0, 0.1) is 11.8 Å². The Kier molecular flexibility index (Phi) is 8.65. The molecule has 5 nitrogen and oxygen atoms in total. The maximum Gasteiger partial charge on any atom is 0.238 e. The summed E-state index contributed by atoms with van der Waals surface area (Å²) >= 11 is 0. The fourth-order valence-electron chi connectivity index (χ4n) is 8.83. The number of anilines is 3. The van der Waals surface area contributed by atoms with E-state index in [-0.39, 0.29) is 5.41 Å². The Balaban J connectivity index is 0.986. The lowest BCUT2D eigenvalue weighted by Crippen LogP contribution is -2.15. The van der Waals surface area contributed by atoms with Gasteiger partial charge in [0.15, 0.2) is 11.6 Å². The molecule has 0 radical (unpaired) electrons. The van der Waals surface area contributed by atoms with Crippen LogP contribution in [-0.2, 0) is 5.41 Å². The maximum absolute atomic E-state index is 5.16. The van der Waals surface area contributed by atoms with Crippen LogP contribution in [0.25, 0.3) is 61.7 Å². The lowest BCUT2D eigenvalue weighted by molar-refractivity contribution is 0.661. The van der Waals surface area contributed by atoms with Crippen LogP contribution in [0.5, 0.6) is 0 Å². The maximum atomic E-state index is 5.16. The molecule has 11 rings (SSSR count). The van der Waals surface area contributed by atoms with Gasteiger partial charge in [0.1, 0.15) is 0 Å². The van der Waals surface area contributed by atoms with Gasteiger partial charge >= 0.3 is 0 Å². The summed E-state index contributed by atoms with van der Waals surface area (Å²) in [6, 6.07) is 69.7. The zero-order valence-electron chi connectivity index (χ0n) is 33.8. The molecule has 1 aliphatic carbocycles. The zero-order valence-corrected chi connectivity index (χ0v) is 33.8. The van der Waals surface area contributed by atoms with E-state index in [1.165, 1.54) is 27.6 Å². The molecule has 0 saturated heterocycles. The quantitative estimate of drug-likeness (QED) is 0.158. The van der Waals surface area contributed by atoms with Crippen LogP contribution in [0.4, 0.5) is 17.1 Å². The summed E-state index contributed by atoms with van der Waals surface area (Å²) in [5.74, 6) is 8.81. The number of aromatic nitrogens is 4. The van der Waals surface area contributed by atoms with Gasteiger partial charge in [-0.1, -0.05) is 147 Å². The van der Waals surface area contributed by atoms with E-state index in [1.54, 1.807) is 0 Å². The van der Waals surface area contributed by atoms with Crippen LogP contribution in [0.2, 0.25) is 0 Å². The first-order valence-electron chi connectivity index (χ1n) is 20.6. The predicted molar refractivity (Wildman–Crippen MR) is 250 cm³/mol. The fourth-order valence-corrected chi connectivity index (χ4v) is 8.83. The number of hydrogen-bond donors (Lipinski definition) is 0. The summed E-state index contributed by atoms with van der Waals surface area (Å²) in [5, 5.41) is 2.32. The Bertz CT molecular complexity index is 3210. The Labute approximate surface area is 355 Å². The third-order valence-corrected chi connectivity index (χ3v) is 11.9. The topological polar surface area (TPSA) is 46.8 Å². The molecule has 0 bridgehead atoms. The van der Waals surface area contributed by atoms with Crippen LogP contribution in [0.15, 0.2) is 200 Å². The average molecular weight is 782 g/mol. The molecule has 0 atom stereocenters. The largest absolute Gasteiger partial charge is 0.311 e. The molecule has 288 valence electrons. The summed E-state index contributed by atoms with van der Waals surface area (Å²) in [6.45, 7) is 4.65. The van der Waals surface area contributed by atoms with Crippen molar-refractivity contribution in [2.45, 2.75) is 19.3 Å². The Morgan fingerprint density at radius 1 is 0.426 bits per heavy atom. The summed E-state index contributed by atoms with van der Waals surface area (Å²) in [7, 11) is 0. The van der Waals surface area contributed by atoms with E-state index in [2.05, 4.69) is 163 Å². The van der Waals surface area contributed by atoms with Gasteiger partial charge < -0.3 is 4.90 Å². The second-order valence-electron chi connectivity index (χ2n) is 16.0. The second kappa shape index (κ2) is 14.6. The van der Waals surface area contributed by atoms with E-state index >= 15 is 0 Å². The molecule has 2 heterocycles. The molecule has 5 heteroatoms. The molecule has 8 aromatic carbocycles. The van der Waals surface area contributed by atoms with Crippen LogP contribution in [0.3, 0.4) is 0 Å². The van der Waals surface area contributed by atoms with Crippen LogP contribution in [0.1, 0.15) is 36.1 Å². The van der Waals surface area contributed by atoms with Crippen molar-refractivity contribution in [3.63, 3.8) is 0 Å². The molecule has 0 spiro atoms. The Morgan fingerprint density at radius 2 is 0.934 bits per heavy atom. The fraction of sp³-hybridized carbons (Fsp3) is 0.0536. The standard InChI is InChI=1S/C56H39N5/c1-56(2)49-35-39(28-27-38-29-32-44(33-30-38)60(42-21-11-5-12-22-42)43-23-13-6-14-24-43)31-34-45(49)47-37-52-48(36-50(47)56)46-25-15-16-26-51(46)61(52)55-58-53(40-17-7-3-8-18-40)57-54(59-55)41-19-9-4-10-20-41/h3-26,29-37H,1-2H3. The zero-order chi connectivity index (χ0) is 40.9. The number of para-hydroxylation sites is 3. The molecule has 2 aromatic heterocycles. The number of hydrogen-bond acceptors (Lipinski definition) is 4. The van der Waals surface area contributed by atoms with E-state index in [0.717, 1.165) is 55.7 Å². The average Bonchev–Trinajstić information content (AvgIpc) is 3.76. The summed E-state index contributed by atoms with van der Waals surface area (Å²) in [5.41, 5.74) is 14.0. The van der Waals surface area contributed by atoms with Gasteiger partial charge in [0, 0.05) is 55.5 Å². The summed E-state index contributed by atoms with van der Waals surface area (Å²) < 4.78 is 2.21. The van der Waals surface area contributed by atoms with Crippen molar-refractivity contribution in [2.24, 2.45) is 0 Å². The van der Waals surface area contributed by atoms with Crippen LogP contribution < -0.4 is 4.90 Å². The molecule has 0 aliphatic heterocycles. The molecule has 61 heavy (non-hydrogen) atoms. The third kappa shape index (κ3) is 6.34. The smallest absolute Gasteiger partial charge is 0.238 e. The molecule has 0 N–H and O–H groups in total. The van der Waals surface area contributed by atoms with Gasteiger partial charge in [-0.15, -0.1) is 0 Å². The van der Waals surface area contributed by atoms with Gasteiger partial charge in [-0.3, -0.25) is 4.57 Å².